The molecule has 2 saturated heterocycles. The number of H-pyrrole nitrogens is 1. The Bertz CT molecular complexity index is 1740. The predicted octanol–water partition coefficient (Wildman–Crippen LogP) is 5.60. The number of likely N-dealkylation sites (tertiary alicyclic amines) is 1. The summed E-state index contributed by atoms with van der Waals surface area (Å²) in [6.07, 6.45) is 8.34. The summed E-state index contributed by atoms with van der Waals surface area (Å²) >= 11 is 6.15. The number of rotatable bonds is 5. The summed E-state index contributed by atoms with van der Waals surface area (Å²) in [5.74, 6) is 0.766. The average molecular weight is 574 g/mol. The Morgan fingerprint density at radius 1 is 1.15 bits per heavy atom. The van der Waals surface area contributed by atoms with Crippen molar-refractivity contribution in [2.75, 3.05) is 37.7 Å². The van der Waals surface area contributed by atoms with Gasteiger partial charge in [0.15, 0.2) is 5.65 Å². The van der Waals surface area contributed by atoms with Crippen molar-refractivity contribution in [1.29, 1.82) is 0 Å². The first-order chi connectivity index (χ1) is 19.9. The molecule has 2 aliphatic heterocycles. The van der Waals surface area contributed by atoms with Crippen LogP contribution >= 0.6 is 11.6 Å². The fraction of sp³-hybridized carbons (Fsp3) is 0.333. The minimum absolute atomic E-state index is 0.0315. The maximum Gasteiger partial charge on any atom is 0.258 e. The second-order valence-corrected chi connectivity index (χ2v) is 11.3. The molecule has 1 aromatic carbocycles. The molecule has 210 valence electrons. The van der Waals surface area contributed by atoms with Gasteiger partial charge < -0.3 is 14.5 Å². The summed E-state index contributed by atoms with van der Waals surface area (Å²) in [6.45, 7) is 5.47. The molecule has 0 atom stereocenters. The number of fused-ring (bicyclic) bond motifs is 3. The van der Waals surface area contributed by atoms with Gasteiger partial charge in [-0.3, -0.25) is 9.89 Å². The van der Waals surface area contributed by atoms with Crippen molar-refractivity contribution in [2.45, 2.75) is 26.2 Å². The van der Waals surface area contributed by atoms with Crippen molar-refractivity contribution in [3.8, 4) is 16.9 Å². The van der Waals surface area contributed by atoms with Crippen molar-refractivity contribution in [2.24, 2.45) is 5.41 Å². The Labute approximate surface area is 240 Å². The van der Waals surface area contributed by atoms with Crippen molar-refractivity contribution in [3.05, 3.63) is 71.4 Å². The van der Waals surface area contributed by atoms with Crippen LogP contribution in [0.4, 0.5) is 10.2 Å². The summed E-state index contributed by atoms with van der Waals surface area (Å²) in [7, 11) is 0. The molecule has 41 heavy (non-hydrogen) atoms. The van der Waals surface area contributed by atoms with E-state index in [2.05, 4.69) is 32.3 Å². The molecule has 11 heteroatoms. The number of hydrogen-bond donors (Lipinski definition) is 1. The van der Waals surface area contributed by atoms with Gasteiger partial charge in [0.25, 0.3) is 5.91 Å². The molecule has 6 heterocycles. The number of aromatic nitrogens is 5. The number of benzene rings is 1. The van der Waals surface area contributed by atoms with Crippen LogP contribution in [-0.4, -0.2) is 68.4 Å². The van der Waals surface area contributed by atoms with Crippen LogP contribution in [0.1, 0.15) is 36.5 Å². The second-order valence-electron chi connectivity index (χ2n) is 10.9. The quantitative estimate of drug-likeness (QED) is 0.294. The summed E-state index contributed by atoms with van der Waals surface area (Å²) in [5, 5.41) is 12.8. The zero-order chi connectivity index (χ0) is 28.1. The fourth-order valence-electron chi connectivity index (χ4n) is 6.32. The Balaban J connectivity index is 1.08. The van der Waals surface area contributed by atoms with Crippen LogP contribution in [-0.2, 0) is 0 Å². The van der Waals surface area contributed by atoms with Gasteiger partial charge in [-0.2, -0.15) is 5.10 Å². The normalized spacial score (nSPS) is 16.8. The SMILES string of the molecule is CCOc1cc(-c2ccc(N3CCC4(CCN(C(=O)c5c(F)cccc5Cl)CC4)C3)nc2)c2c3cn[nH]c3nn2c1. The van der Waals surface area contributed by atoms with Crippen LogP contribution in [0.2, 0.25) is 5.02 Å². The summed E-state index contributed by atoms with van der Waals surface area (Å²) in [4.78, 5) is 21.9. The Morgan fingerprint density at radius 3 is 2.73 bits per heavy atom. The van der Waals surface area contributed by atoms with Gasteiger partial charge >= 0.3 is 0 Å². The van der Waals surface area contributed by atoms with Crippen molar-refractivity contribution in [1.82, 2.24) is 29.7 Å². The minimum Gasteiger partial charge on any atom is -0.492 e. The number of amides is 1. The number of carbonyl (C=O) groups is 1. The molecule has 5 aromatic rings. The number of aromatic amines is 1. The van der Waals surface area contributed by atoms with Gasteiger partial charge in [-0.05, 0) is 61.9 Å². The molecule has 7 rings (SSSR count). The lowest BCUT2D eigenvalue weighted by Crippen LogP contribution is -2.44. The molecule has 0 unspecified atom stereocenters. The predicted molar refractivity (Wildman–Crippen MR) is 155 cm³/mol. The number of anilines is 1. The number of nitrogens with one attached hydrogen (secondary N) is 1. The number of carbonyl (C=O) groups excluding carboxylic acids is 1. The Morgan fingerprint density at radius 2 is 1.98 bits per heavy atom. The smallest absolute Gasteiger partial charge is 0.258 e. The van der Waals surface area contributed by atoms with Crippen LogP contribution in [0.25, 0.3) is 27.7 Å². The maximum atomic E-state index is 14.3. The van der Waals surface area contributed by atoms with E-state index in [0.717, 1.165) is 71.6 Å². The van der Waals surface area contributed by atoms with Gasteiger partial charge in [0.2, 0.25) is 0 Å². The number of halogens is 2. The largest absolute Gasteiger partial charge is 0.492 e. The van der Waals surface area contributed by atoms with E-state index in [4.69, 9.17) is 21.3 Å². The van der Waals surface area contributed by atoms with Crippen LogP contribution in [0.3, 0.4) is 0 Å². The van der Waals surface area contributed by atoms with Gasteiger partial charge in [0, 0.05) is 43.5 Å². The number of ether oxygens (including phenoxy) is 1. The lowest BCUT2D eigenvalue weighted by atomic mass is 9.77. The molecule has 0 radical (unpaired) electrons. The van der Waals surface area contributed by atoms with Gasteiger partial charge in [-0.15, -0.1) is 5.10 Å². The molecule has 9 nitrogen and oxygen atoms in total. The maximum absolute atomic E-state index is 14.3. The third kappa shape index (κ3) is 4.46. The highest BCUT2D eigenvalue weighted by Gasteiger charge is 2.42. The third-order valence-electron chi connectivity index (χ3n) is 8.52. The first kappa shape index (κ1) is 25.8. The van der Waals surface area contributed by atoms with E-state index < -0.39 is 5.82 Å². The van der Waals surface area contributed by atoms with Gasteiger partial charge in [-0.1, -0.05) is 17.7 Å². The molecule has 2 fully saturated rings. The monoisotopic (exact) mass is 573 g/mol. The molecule has 1 spiro atoms. The van der Waals surface area contributed by atoms with E-state index in [1.807, 2.05) is 29.9 Å². The van der Waals surface area contributed by atoms with Crippen molar-refractivity contribution < 1.29 is 13.9 Å². The summed E-state index contributed by atoms with van der Waals surface area (Å²) in [6, 6.07) is 10.5. The van der Waals surface area contributed by atoms with E-state index in [9.17, 15) is 9.18 Å². The van der Waals surface area contributed by atoms with Crippen LogP contribution in [0.15, 0.2) is 55.0 Å². The van der Waals surface area contributed by atoms with E-state index in [0.29, 0.717) is 19.7 Å². The lowest BCUT2D eigenvalue weighted by molar-refractivity contribution is 0.0606. The molecular formula is C30H29ClFN7O2. The first-order valence-corrected chi connectivity index (χ1v) is 14.3. The van der Waals surface area contributed by atoms with Crippen molar-refractivity contribution >= 4 is 39.9 Å². The molecule has 0 aliphatic carbocycles. The molecule has 0 saturated carbocycles. The zero-order valence-electron chi connectivity index (χ0n) is 22.6. The van der Waals surface area contributed by atoms with Gasteiger partial charge in [-0.25, -0.2) is 13.9 Å². The molecular weight excluding hydrogens is 545 g/mol. The topological polar surface area (TPSA) is 91.6 Å². The number of pyridine rings is 2. The molecule has 2 aliphatic rings. The van der Waals surface area contributed by atoms with Crippen LogP contribution in [0, 0.1) is 11.2 Å². The highest BCUT2D eigenvalue weighted by atomic mass is 35.5. The first-order valence-electron chi connectivity index (χ1n) is 13.9. The summed E-state index contributed by atoms with van der Waals surface area (Å²) < 4.78 is 22.0. The van der Waals surface area contributed by atoms with Crippen molar-refractivity contribution in [3.63, 3.8) is 0 Å². The van der Waals surface area contributed by atoms with E-state index in [1.54, 1.807) is 17.2 Å². The van der Waals surface area contributed by atoms with E-state index in [1.165, 1.54) is 12.1 Å². The van der Waals surface area contributed by atoms with Gasteiger partial charge in [0.1, 0.15) is 17.4 Å². The molecule has 1 N–H and O–H groups in total. The highest BCUT2D eigenvalue weighted by molar-refractivity contribution is 6.33. The zero-order valence-corrected chi connectivity index (χ0v) is 23.4. The van der Waals surface area contributed by atoms with Crippen LogP contribution < -0.4 is 9.64 Å². The standard InChI is InChI=1S/C30H29ClFN7O2/c1-2-41-20-14-21(27-22-16-34-35-28(22)36-39(27)17-20)19-6-7-25(33-15-19)38-13-10-30(18-38)8-11-37(12-9-30)29(40)26-23(31)4-3-5-24(26)32/h3-7,14-17H,2,8-13,18H2,1H3,(H,35,36). The third-order valence-corrected chi connectivity index (χ3v) is 8.84. The summed E-state index contributed by atoms with van der Waals surface area (Å²) in [5.41, 5.74) is 3.69. The molecule has 1 amide bonds. The number of hydrogen-bond acceptors (Lipinski definition) is 6. The van der Waals surface area contributed by atoms with E-state index >= 15 is 0 Å². The molecule has 4 aromatic heterocycles. The van der Waals surface area contributed by atoms with E-state index in [-0.39, 0.29) is 21.9 Å². The van der Waals surface area contributed by atoms with Crippen LogP contribution in [0.5, 0.6) is 5.75 Å². The van der Waals surface area contributed by atoms with Gasteiger partial charge in [0.05, 0.1) is 40.5 Å². The lowest BCUT2D eigenvalue weighted by Gasteiger charge is -2.39. The fourth-order valence-corrected chi connectivity index (χ4v) is 6.57. The number of nitrogens with zero attached hydrogens (tertiary/aromatic N) is 6. The highest BCUT2D eigenvalue weighted by Crippen LogP contribution is 2.42. The Kier molecular flexibility index (Phi) is 6.30. The second kappa shape index (κ2) is 10.0. The Hall–Kier alpha value is -4.18. The average Bonchev–Trinajstić information content (AvgIpc) is 3.69. The molecule has 0 bridgehead atoms. The minimum atomic E-state index is -0.572. The number of piperidine rings is 1.